The number of rotatable bonds is 6. The van der Waals surface area contributed by atoms with Crippen molar-refractivity contribution in [3.05, 3.63) is 29.0 Å². The zero-order valence-corrected chi connectivity index (χ0v) is 17.4. The molecular formula is C18H25ClN6O2S. The average Bonchev–Trinajstić information content (AvgIpc) is 3.09. The largest absolute Gasteiger partial charge is 0.354 e. The van der Waals surface area contributed by atoms with Crippen molar-refractivity contribution in [2.24, 2.45) is 5.73 Å². The zero-order chi connectivity index (χ0) is 19.2. The number of likely N-dealkylation sites (tertiary alicyclic amines) is 1. The smallest absolute Gasteiger partial charge is 0.266 e. The minimum atomic E-state index is -0.0760. The molecule has 0 aromatic carbocycles. The maximum atomic E-state index is 13.2. The van der Waals surface area contributed by atoms with Crippen molar-refractivity contribution < 1.29 is 9.59 Å². The fourth-order valence-electron chi connectivity index (χ4n) is 3.16. The molecule has 3 heterocycles. The standard InChI is InChI=1S/C18H24N6O2S.ClH/c1-12-15(27-17(23-12)16-20-8-4-9-21-16)18(26)24-10-3-2-5-13(24)11-22-14(25)6-7-19;/h4,8-9,13H,2-3,5-7,10-11,19H2,1H3,(H,22,25);1H. The van der Waals surface area contributed by atoms with Gasteiger partial charge in [-0.2, -0.15) is 0 Å². The van der Waals surface area contributed by atoms with Crippen molar-refractivity contribution in [1.82, 2.24) is 25.2 Å². The SMILES string of the molecule is Cc1nc(-c2ncccn2)sc1C(=O)N1CCCCC1CNC(=O)CCN.Cl. The summed E-state index contributed by atoms with van der Waals surface area (Å²) >= 11 is 1.32. The number of nitrogens with one attached hydrogen (secondary N) is 1. The quantitative estimate of drug-likeness (QED) is 0.730. The van der Waals surface area contributed by atoms with Crippen LogP contribution in [0, 0.1) is 6.92 Å². The normalized spacial score (nSPS) is 16.4. The fourth-order valence-corrected chi connectivity index (χ4v) is 4.13. The van der Waals surface area contributed by atoms with Crippen LogP contribution in [0.4, 0.5) is 0 Å². The molecule has 1 fully saturated rings. The summed E-state index contributed by atoms with van der Waals surface area (Å²) in [4.78, 5) is 40.3. The van der Waals surface area contributed by atoms with E-state index in [0.29, 0.717) is 47.5 Å². The van der Waals surface area contributed by atoms with E-state index in [0.717, 1.165) is 19.3 Å². The summed E-state index contributed by atoms with van der Waals surface area (Å²) < 4.78 is 0. The Balaban J connectivity index is 0.00000280. The Bertz CT molecular complexity index is 801. The van der Waals surface area contributed by atoms with Crippen LogP contribution in [-0.2, 0) is 4.79 Å². The highest BCUT2D eigenvalue weighted by Gasteiger charge is 2.30. The van der Waals surface area contributed by atoms with Crippen LogP contribution in [0.3, 0.4) is 0 Å². The number of hydrogen-bond donors (Lipinski definition) is 2. The van der Waals surface area contributed by atoms with Crippen molar-refractivity contribution in [2.75, 3.05) is 19.6 Å². The van der Waals surface area contributed by atoms with Gasteiger partial charge in [-0.25, -0.2) is 15.0 Å². The van der Waals surface area contributed by atoms with E-state index in [-0.39, 0.29) is 30.3 Å². The van der Waals surface area contributed by atoms with Gasteiger partial charge in [-0.05, 0) is 32.3 Å². The Morgan fingerprint density at radius 3 is 2.79 bits per heavy atom. The van der Waals surface area contributed by atoms with Gasteiger partial charge in [-0.1, -0.05) is 0 Å². The van der Waals surface area contributed by atoms with Gasteiger partial charge in [0.05, 0.1) is 5.69 Å². The van der Waals surface area contributed by atoms with Gasteiger partial charge in [0.1, 0.15) is 4.88 Å². The van der Waals surface area contributed by atoms with Gasteiger partial charge in [0.25, 0.3) is 5.91 Å². The highest BCUT2D eigenvalue weighted by atomic mass is 35.5. The van der Waals surface area contributed by atoms with E-state index in [1.54, 1.807) is 18.5 Å². The average molecular weight is 425 g/mol. The van der Waals surface area contributed by atoms with Gasteiger partial charge in [0, 0.05) is 44.5 Å². The van der Waals surface area contributed by atoms with Crippen LogP contribution in [0.15, 0.2) is 18.5 Å². The van der Waals surface area contributed by atoms with Gasteiger partial charge in [0.2, 0.25) is 5.91 Å². The van der Waals surface area contributed by atoms with E-state index in [9.17, 15) is 9.59 Å². The van der Waals surface area contributed by atoms with Crippen molar-refractivity contribution in [3.8, 4) is 10.8 Å². The van der Waals surface area contributed by atoms with E-state index >= 15 is 0 Å². The third-order valence-electron chi connectivity index (χ3n) is 4.54. The number of piperidine rings is 1. The first kappa shape index (κ1) is 22.2. The minimum absolute atomic E-state index is 0. The van der Waals surface area contributed by atoms with E-state index < -0.39 is 0 Å². The molecule has 0 bridgehead atoms. The molecule has 8 nitrogen and oxygen atoms in total. The van der Waals surface area contributed by atoms with E-state index in [4.69, 9.17) is 5.73 Å². The second kappa shape index (κ2) is 10.4. The molecule has 2 aromatic heterocycles. The third-order valence-corrected chi connectivity index (χ3v) is 5.68. The lowest BCUT2D eigenvalue weighted by Crippen LogP contribution is -2.49. The third kappa shape index (κ3) is 5.24. The second-order valence-corrected chi connectivity index (χ2v) is 7.50. The molecule has 3 N–H and O–H groups in total. The van der Waals surface area contributed by atoms with Gasteiger partial charge >= 0.3 is 0 Å². The number of thiazole rings is 1. The van der Waals surface area contributed by atoms with Crippen LogP contribution in [0.2, 0.25) is 0 Å². The number of carbonyl (C=O) groups excluding carboxylic acids is 2. The second-order valence-electron chi connectivity index (χ2n) is 6.50. The lowest BCUT2D eigenvalue weighted by Gasteiger charge is -2.35. The predicted octanol–water partition coefficient (Wildman–Crippen LogP) is 1.79. The topological polar surface area (TPSA) is 114 Å². The summed E-state index contributed by atoms with van der Waals surface area (Å²) in [6.07, 6.45) is 6.50. The first-order chi connectivity index (χ1) is 13.1. The number of nitrogens with zero attached hydrogens (tertiary/aromatic N) is 4. The zero-order valence-electron chi connectivity index (χ0n) is 15.8. The number of carbonyl (C=O) groups is 2. The van der Waals surface area contributed by atoms with E-state index in [2.05, 4.69) is 20.3 Å². The first-order valence-electron chi connectivity index (χ1n) is 9.12. The number of hydrogen-bond acceptors (Lipinski definition) is 7. The first-order valence-corrected chi connectivity index (χ1v) is 9.94. The number of aryl methyl sites for hydroxylation is 1. The molecular weight excluding hydrogens is 400 g/mol. The summed E-state index contributed by atoms with van der Waals surface area (Å²) in [6, 6.07) is 1.73. The predicted molar refractivity (Wildman–Crippen MR) is 110 cm³/mol. The molecule has 2 aromatic rings. The van der Waals surface area contributed by atoms with Gasteiger partial charge < -0.3 is 16.0 Å². The van der Waals surface area contributed by atoms with Crippen molar-refractivity contribution in [3.63, 3.8) is 0 Å². The molecule has 1 aliphatic heterocycles. The van der Waals surface area contributed by atoms with E-state index in [1.807, 2.05) is 11.8 Å². The highest BCUT2D eigenvalue weighted by molar-refractivity contribution is 7.17. The van der Waals surface area contributed by atoms with Crippen molar-refractivity contribution >= 4 is 35.6 Å². The van der Waals surface area contributed by atoms with Crippen LogP contribution in [0.5, 0.6) is 0 Å². The number of aromatic nitrogens is 3. The van der Waals surface area contributed by atoms with Crippen LogP contribution in [0.1, 0.15) is 41.0 Å². The Labute approximate surface area is 174 Å². The molecule has 1 aliphatic rings. The molecule has 0 radical (unpaired) electrons. The number of nitrogens with two attached hydrogens (primary N) is 1. The Morgan fingerprint density at radius 1 is 1.32 bits per heavy atom. The molecule has 3 rings (SSSR count). The summed E-state index contributed by atoms with van der Waals surface area (Å²) in [6.45, 7) is 3.30. The van der Waals surface area contributed by atoms with Crippen LogP contribution in [0.25, 0.3) is 10.8 Å². The molecule has 10 heteroatoms. The Hall–Kier alpha value is -2.10. The Morgan fingerprint density at radius 2 is 2.07 bits per heavy atom. The lowest BCUT2D eigenvalue weighted by molar-refractivity contribution is -0.121. The molecule has 152 valence electrons. The number of amides is 2. The molecule has 0 aliphatic carbocycles. The summed E-state index contributed by atoms with van der Waals surface area (Å²) in [5.41, 5.74) is 6.10. The maximum Gasteiger partial charge on any atom is 0.266 e. The summed E-state index contributed by atoms with van der Waals surface area (Å²) in [7, 11) is 0. The minimum Gasteiger partial charge on any atom is -0.354 e. The maximum absolute atomic E-state index is 13.2. The van der Waals surface area contributed by atoms with E-state index in [1.165, 1.54) is 11.3 Å². The van der Waals surface area contributed by atoms with Gasteiger partial charge in [-0.15, -0.1) is 23.7 Å². The molecule has 1 saturated heterocycles. The summed E-state index contributed by atoms with van der Waals surface area (Å²) in [5.74, 6) is 0.409. The molecule has 0 saturated carbocycles. The lowest BCUT2D eigenvalue weighted by atomic mass is 10.0. The van der Waals surface area contributed by atoms with Crippen LogP contribution in [-0.4, -0.2) is 57.3 Å². The van der Waals surface area contributed by atoms with Crippen molar-refractivity contribution in [2.45, 2.75) is 38.6 Å². The molecule has 1 unspecified atom stereocenters. The van der Waals surface area contributed by atoms with Crippen LogP contribution >= 0.6 is 23.7 Å². The monoisotopic (exact) mass is 424 g/mol. The Kier molecular flexibility index (Phi) is 8.28. The molecule has 28 heavy (non-hydrogen) atoms. The molecule has 1 atom stereocenters. The molecule has 2 amide bonds. The number of halogens is 1. The summed E-state index contributed by atoms with van der Waals surface area (Å²) in [5, 5.41) is 3.53. The van der Waals surface area contributed by atoms with Crippen LogP contribution < -0.4 is 11.1 Å². The van der Waals surface area contributed by atoms with Gasteiger partial charge in [0.15, 0.2) is 10.8 Å². The highest BCUT2D eigenvalue weighted by Crippen LogP contribution is 2.28. The molecule has 0 spiro atoms. The van der Waals surface area contributed by atoms with Gasteiger partial charge in [-0.3, -0.25) is 9.59 Å². The fraction of sp³-hybridized carbons (Fsp3) is 0.500. The van der Waals surface area contributed by atoms with Crippen molar-refractivity contribution in [1.29, 1.82) is 0 Å².